The van der Waals surface area contributed by atoms with Gasteiger partial charge in [0.25, 0.3) is 0 Å². The molecule has 4 heteroatoms. The van der Waals surface area contributed by atoms with Crippen LogP contribution in [-0.2, 0) is 8.98 Å². The van der Waals surface area contributed by atoms with Crippen LogP contribution in [0.2, 0.25) is 0 Å². The van der Waals surface area contributed by atoms with Crippen LogP contribution in [0.25, 0.3) is 0 Å². The molecule has 0 saturated heterocycles. The van der Waals surface area contributed by atoms with E-state index in [9.17, 15) is 4.79 Å². The van der Waals surface area contributed by atoms with Gasteiger partial charge < -0.3 is 0 Å². The zero-order valence-electron chi connectivity index (χ0n) is 12.3. The van der Waals surface area contributed by atoms with Crippen LogP contribution < -0.4 is 4.72 Å². The average Bonchev–Trinajstić information content (AvgIpc) is 3.31. The van der Waals surface area contributed by atoms with Crippen LogP contribution in [0.5, 0.6) is 0 Å². The number of nitrogens with one attached hydrogen (secondary N) is 1. The molecule has 0 aromatic heterocycles. The largest absolute Gasteiger partial charge is 0.290 e. The van der Waals surface area contributed by atoms with Gasteiger partial charge in [-0.1, -0.05) is 33.8 Å². The first-order chi connectivity index (χ1) is 8.64. The van der Waals surface area contributed by atoms with E-state index >= 15 is 0 Å². The molecule has 2 aliphatic carbocycles. The number of rotatable bonds is 5. The van der Waals surface area contributed by atoms with E-state index in [0.29, 0.717) is 5.92 Å². The van der Waals surface area contributed by atoms with Gasteiger partial charge in [0.15, 0.2) is 0 Å². The normalized spacial score (nSPS) is 25.6. The fourth-order valence-electron chi connectivity index (χ4n) is 1.27. The lowest BCUT2D eigenvalue weighted by Crippen LogP contribution is -2.20. The lowest BCUT2D eigenvalue weighted by Gasteiger charge is -2.08. The lowest BCUT2D eigenvalue weighted by atomic mass is 10.3. The fraction of sp³-hybridized carbons (Fsp3) is 0.786. The van der Waals surface area contributed by atoms with Gasteiger partial charge in [-0.25, -0.2) is 0 Å². The Hall–Kier alpha value is -0.480. The van der Waals surface area contributed by atoms with Gasteiger partial charge in [0.2, 0.25) is 5.91 Å². The Balaban J connectivity index is 0.000000659. The molecule has 0 unspecified atom stereocenters. The summed E-state index contributed by atoms with van der Waals surface area (Å²) in [5, 5.41) is 0. The van der Waals surface area contributed by atoms with E-state index in [1.165, 1.54) is 0 Å². The van der Waals surface area contributed by atoms with Gasteiger partial charge in [-0.2, -0.15) is 0 Å². The van der Waals surface area contributed by atoms with Crippen LogP contribution >= 0.6 is 12.2 Å². The molecule has 0 aliphatic heterocycles. The SMILES string of the molecule is C=C[C@@H]1C[C@@H]1C(=O)NSOC1(C)CC1.CC.CC. The molecule has 2 rings (SSSR count). The third-order valence-electron chi connectivity index (χ3n) is 2.82. The number of carbonyl (C=O) groups excluding carboxylic acids is 1. The monoisotopic (exact) mass is 273 g/mol. The highest BCUT2D eigenvalue weighted by atomic mass is 32.2. The zero-order valence-corrected chi connectivity index (χ0v) is 13.1. The Kier molecular flexibility index (Phi) is 8.36. The molecule has 18 heavy (non-hydrogen) atoms. The molecule has 1 N–H and O–H groups in total. The predicted molar refractivity (Wildman–Crippen MR) is 78.9 cm³/mol. The van der Waals surface area contributed by atoms with E-state index in [-0.39, 0.29) is 17.4 Å². The van der Waals surface area contributed by atoms with E-state index in [1.54, 1.807) is 0 Å². The Morgan fingerprint density at radius 1 is 1.39 bits per heavy atom. The second-order valence-corrected chi connectivity index (χ2v) is 4.86. The lowest BCUT2D eigenvalue weighted by molar-refractivity contribution is -0.120. The van der Waals surface area contributed by atoms with Gasteiger partial charge in [-0.15, -0.1) is 6.58 Å². The molecule has 0 bridgehead atoms. The van der Waals surface area contributed by atoms with Gasteiger partial charge in [0.05, 0.1) is 5.60 Å². The number of allylic oxidation sites excluding steroid dienone is 1. The van der Waals surface area contributed by atoms with Gasteiger partial charge in [0.1, 0.15) is 12.2 Å². The van der Waals surface area contributed by atoms with E-state index in [4.69, 9.17) is 4.18 Å². The van der Waals surface area contributed by atoms with Crippen molar-refractivity contribution >= 4 is 18.1 Å². The van der Waals surface area contributed by atoms with E-state index in [1.807, 2.05) is 33.8 Å². The highest BCUT2D eigenvalue weighted by Crippen LogP contribution is 2.42. The molecule has 1 amide bonds. The maximum absolute atomic E-state index is 11.4. The standard InChI is InChI=1S/C10H15NO2S.2C2H6/c1-3-7-6-8(7)9(12)11-14-13-10(2)4-5-10;2*1-2/h3,7-8H,1,4-6H2,2H3,(H,11,12);2*1-2H3/t7-,8+;;/m1../s1. The first kappa shape index (κ1) is 17.5. The topological polar surface area (TPSA) is 38.3 Å². The molecule has 0 aromatic rings. The smallest absolute Gasteiger partial charge is 0.235 e. The Morgan fingerprint density at radius 2 is 1.94 bits per heavy atom. The van der Waals surface area contributed by atoms with Crippen molar-refractivity contribution in [2.24, 2.45) is 11.8 Å². The summed E-state index contributed by atoms with van der Waals surface area (Å²) >= 11 is 1.08. The van der Waals surface area contributed by atoms with Gasteiger partial charge in [0, 0.05) is 5.92 Å². The average molecular weight is 273 g/mol. The van der Waals surface area contributed by atoms with E-state index < -0.39 is 0 Å². The minimum atomic E-state index is 0.0132. The number of amides is 1. The minimum Gasteiger partial charge on any atom is -0.290 e. The van der Waals surface area contributed by atoms with Gasteiger partial charge in [-0.05, 0) is 32.1 Å². The molecule has 0 radical (unpaired) electrons. The summed E-state index contributed by atoms with van der Waals surface area (Å²) in [6, 6.07) is 0. The quantitative estimate of drug-likeness (QED) is 0.465. The number of hydrogen-bond acceptors (Lipinski definition) is 3. The van der Waals surface area contributed by atoms with Crippen molar-refractivity contribution in [2.45, 2.75) is 59.5 Å². The second-order valence-electron chi connectivity index (χ2n) is 4.32. The maximum Gasteiger partial charge on any atom is 0.235 e. The van der Waals surface area contributed by atoms with Crippen molar-refractivity contribution in [1.82, 2.24) is 4.72 Å². The van der Waals surface area contributed by atoms with Crippen LogP contribution in [0.1, 0.15) is 53.9 Å². The zero-order chi connectivity index (χ0) is 14.2. The molecule has 2 fully saturated rings. The predicted octanol–water partition coefficient (Wildman–Crippen LogP) is 4.11. The Morgan fingerprint density at radius 3 is 2.33 bits per heavy atom. The molecule has 0 heterocycles. The van der Waals surface area contributed by atoms with Crippen LogP contribution in [0.4, 0.5) is 0 Å². The molecule has 2 aliphatic rings. The van der Waals surface area contributed by atoms with Crippen molar-refractivity contribution in [3.63, 3.8) is 0 Å². The highest BCUT2D eigenvalue weighted by Gasteiger charge is 2.42. The van der Waals surface area contributed by atoms with E-state index in [2.05, 4.69) is 18.2 Å². The number of hydrogen-bond donors (Lipinski definition) is 1. The first-order valence-electron chi connectivity index (χ1n) is 6.92. The third kappa shape index (κ3) is 5.91. The minimum absolute atomic E-state index is 0.0132. The van der Waals surface area contributed by atoms with Crippen molar-refractivity contribution in [3.8, 4) is 0 Å². The second kappa shape index (κ2) is 8.59. The summed E-state index contributed by atoms with van der Waals surface area (Å²) in [5.41, 5.74) is 0.0132. The molecule has 2 atom stereocenters. The van der Waals surface area contributed by atoms with E-state index in [0.717, 1.165) is 31.5 Å². The third-order valence-corrected chi connectivity index (χ3v) is 3.59. The van der Waals surface area contributed by atoms with Gasteiger partial charge >= 0.3 is 0 Å². The maximum atomic E-state index is 11.4. The van der Waals surface area contributed by atoms with Crippen molar-refractivity contribution in [3.05, 3.63) is 12.7 Å². The molecule has 0 spiro atoms. The van der Waals surface area contributed by atoms with Crippen LogP contribution in [0.3, 0.4) is 0 Å². The summed E-state index contributed by atoms with van der Waals surface area (Å²) in [5.74, 6) is 0.590. The summed E-state index contributed by atoms with van der Waals surface area (Å²) in [6.45, 7) is 13.7. The van der Waals surface area contributed by atoms with Crippen molar-refractivity contribution < 1.29 is 8.98 Å². The van der Waals surface area contributed by atoms with Gasteiger partial charge in [-0.3, -0.25) is 13.7 Å². The van der Waals surface area contributed by atoms with Crippen LogP contribution in [0.15, 0.2) is 12.7 Å². The highest BCUT2D eigenvalue weighted by molar-refractivity contribution is 7.93. The van der Waals surface area contributed by atoms with Crippen molar-refractivity contribution in [2.75, 3.05) is 0 Å². The summed E-state index contributed by atoms with van der Waals surface area (Å²) in [4.78, 5) is 11.4. The van der Waals surface area contributed by atoms with Crippen molar-refractivity contribution in [1.29, 1.82) is 0 Å². The summed E-state index contributed by atoms with van der Waals surface area (Å²) in [6.07, 6.45) is 4.97. The summed E-state index contributed by atoms with van der Waals surface area (Å²) < 4.78 is 8.13. The number of carbonyl (C=O) groups is 1. The van der Waals surface area contributed by atoms with Crippen LogP contribution in [-0.4, -0.2) is 11.5 Å². The Labute approximate surface area is 116 Å². The molecular formula is C14H27NO2S. The molecule has 106 valence electrons. The summed E-state index contributed by atoms with van der Waals surface area (Å²) in [7, 11) is 0. The fourth-order valence-corrected chi connectivity index (χ4v) is 1.92. The van der Waals surface area contributed by atoms with Crippen LogP contribution in [0, 0.1) is 11.8 Å². The first-order valence-corrected chi connectivity index (χ1v) is 7.66. The molecule has 3 nitrogen and oxygen atoms in total. The molecule has 0 aromatic carbocycles. The Bertz CT molecular complexity index is 265. The molecular weight excluding hydrogens is 246 g/mol. The molecule has 2 saturated carbocycles.